The standard InChI is InChI=1S/C22H24N4O10/c1-9-10(25(2)16-11(28)6-12(34-3)17(29)15(9)16)8-35-22(33)24-14-4-5-26(21(32)23-14)20-19(31)18(30)13(7-27)36-20/h4-6,13,18-20,27,30-31H,7-8H2,1-3H3,(H,23,24,32,33)/t13-,18-,19+,20-/m1/s1. The molecule has 4 atom stereocenters. The quantitative estimate of drug-likeness (QED) is 0.383. The summed E-state index contributed by atoms with van der Waals surface area (Å²) in [5.74, 6) is -1.10. The number of rotatable bonds is 6. The van der Waals surface area contributed by atoms with Crippen LogP contribution >= 0.6 is 0 Å². The molecule has 2 aromatic rings. The Balaban J connectivity index is 1.45. The first-order valence-corrected chi connectivity index (χ1v) is 10.8. The van der Waals surface area contributed by atoms with Crippen molar-refractivity contribution in [3.05, 3.63) is 57.1 Å². The lowest BCUT2D eigenvalue weighted by atomic mass is 9.97. The van der Waals surface area contributed by atoms with Gasteiger partial charge in [0.2, 0.25) is 11.6 Å². The molecular formula is C22H24N4O10. The predicted molar refractivity (Wildman–Crippen MR) is 119 cm³/mol. The van der Waals surface area contributed by atoms with Gasteiger partial charge in [0.1, 0.15) is 36.4 Å². The normalized spacial score (nSPS) is 23.3. The molecule has 1 saturated heterocycles. The Kier molecular flexibility index (Phi) is 6.77. The highest BCUT2D eigenvalue weighted by molar-refractivity contribution is 6.24. The molecule has 0 unspecified atom stereocenters. The van der Waals surface area contributed by atoms with Crippen molar-refractivity contribution in [3.8, 4) is 0 Å². The molecule has 2 aromatic heterocycles. The lowest BCUT2D eigenvalue weighted by Gasteiger charge is -2.17. The second kappa shape index (κ2) is 9.66. The van der Waals surface area contributed by atoms with Crippen LogP contribution in [0.4, 0.5) is 10.6 Å². The van der Waals surface area contributed by atoms with Gasteiger partial charge in [-0.1, -0.05) is 0 Å². The molecule has 0 aromatic carbocycles. The minimum atomic E-state index is -1.47. The number of nitrogens with zero attached hydrogens (tertiary/aromatic N) is 3. The molecule has 192 valence electrons. The van der Waals surface area contributed by atoms with E-state index in [0.717, 1.165) is 10.6 Å². The number of carbonyl (C=O) groups excluding carboxylic acids is 3. The SMILES string of the molecule is COC1=CC(=O)c2c(c(C)c(COC(=O)Nc3ccn([C@@H]4O[C@H](CO)[C@@H](O)[C@@H]4O)c(=O)n3)n2C)C1=O. The molecule has 1 amide bonds. The molecule has 0 bridgehead atoms. The van der Waals surface area contributed by atoms with Gasteiger partial charge in [-0.3, -0.25) is 19.5 Å². The number of fused-ring (bicyclic) bond motifs is 1. The summed E-state index contributed by atoms with van der Waals surface area (Å²) in [5.41, 5.74) is 0.311. The number of Topliss-reactive ketones (excluding diaryl/α,β-unsaturated/α-hetero) is 1. The van der Waals surface area contributed by atoms with Crippen LogP contribution < -0.4 is 11.0 Å². The summed E-state index contributed by atoms with van der Waals surface area (Å²) in [4.78, 5) is 53.5. The van der Waals surface area contributed by atoms with Crippen LogP contribution in [0.2, 0.25) is 0 Å². The Labute approximate surface area is 203 Å². The molecule has 0 spiro atoms. The summed E-state index contributed by atoms with van der Waals surface area (Å²) in [6.45, 7) is 0.778. The van der Waals surface area contributed by atoms with Gasteiger partial charge in [-0.05, 0) is 18.6 Å². The van der Waals surface area contributed by atoms with E-state index in [0.29, 0.717) is 11.3 Å². The van der Waals surface area contributed by atoms with Crippen LogP contribution in [0.15, 0.2) is 28.9 Å². The molecule has 14 nitrogen and oxygen atoms in total. The van der Waals surface area contributed by atoms with Crippen LogP contribution in [0.1, 0.15) is 38.3 Å². The van der Waals surface area contributed by atoms with Gasteiger partial charge in [-0.25, -0.2) is 9.59 Å². The highest BCUT2D eigenvalue weighted by atomic mass is 16.6. The Morgan fingerprint density at radius 1 is 1.25 bits per heavy atom. The number of allylic oxidation sites excluding steroid dienone is 2. The van der Waals surface area contributed by atoms with Crippen LogP contribution in [-0.2, 0) is 27.9 Å². The minimum absolute atomic E-state index is 0.0795. The Bertz CT molecular complexity index is 1330. The zero-order valence-corrected chi connectivity index (χ0v) is 19.5. The van der Waals surface area contributed by atoms with Crippen LogP contribution in [-0.4, -0.2) is 79.1 Å². The Hall–Kier alpha value is -3.85. The summed E-state index contributed by atoms with van der Waals surface area (Å²) < 4.78 is 17.9. The lowest BCUT2D eigenvalue weighted by Crippen LogP contribution is -2.36. The number of aliphatic hydroxyl groups is 3. The summed E-state index contributed by atoms with van der Waals surface area (Å²) in [7, 11) is 2.86. The third-order valence-electron chi connectivity index (χ3n) is 6.14. The third-order valence-corrected chi connectivity index (χ3v) is 6.14. The van der Waals surface area contributed by atoms with Crippen molar-refractivity contribution in [2.75, 3.05) is 19.0 Å². The molecule has 0 radical (unpaired) electrons. The molecule has 1 aliphatic heterocycles. The zero-order chi connectivity index (χ0) is 26.3. The average Bonchev–Trinajstić information content (AvgIpc) is 3.27. The van der Waals surface area contributed by atoms with E-state index in [4.69, 9.17) is 14.2 Å². The largest absolute Gasteiger partial charge is 0.492 e. The second-order valence-electron chi connectivity index (χ2n) is 8.19. The fourth-order valence-corrected chi connectivity index (χ4v) is 4.24. The molecule has 1 aliphatic carbocycles. The van der Waals surface area contributed by atoms with Crippen molar-refractivity contribution < 1.29 is 43.9 Å². The van der Waals surface area contributed by atoms with E-state index in [9.17, 15) is 34.5 Å². The maximum absolute atomic E-state index is 12.6. The molecule has 1 fully saturated rings. The maximum atomic E-state index is 12.6. The van der Waals surface area contributed by atoms with Crippen molar-refractivity contribution in [2.45, 2.75) is 38.1 Å². The summed E-state index contributed by atoms with van der Waals surface area (Å²) in [6, 6.07) is 1.25. The number of aliphatic hydroxyl groups excluding tert-OH is 3. The van der Waals surface area contributed by atoms with Crippen LogP contribution in [0.25, 0.3) is 0 Å². The van der Waals surface area contributed by atoms with E-state index in [-0.39, 0.29) is 29.4 Å². The number of anilines is 1. The number of ether oxygens (including phenoxy) is 3. The smallest absolute Gasteiger partial charge is 0.413 e. The van der Waals surface area contributed by atoms with Gasteiger partial charge in [0.25, 0.3) is 0 Å². The fourth-order valence-electron chi connectivity index (χ4n) is 4.24. The van der Waals surface area contributed by atoms with E-state index in [2.05, 4.69) is 10.3 Å². The van der Waals surface area contributed by atoms with E-state index < -0.39 is 54.5 Å². The molecule has 36 heavy (non-hydrogen) atoms. The number of methoxy groups -OCH3 is 1. The number of ketones is 2. The Morgan fingerprint density at radius 3 is 2.58 bits per heavy atom. The van der Waals surface area contributed by atoms with Gasteiger partial charge in [-0.2, -0.15) is 4.98 Å². The molecule has 4 rings (SSSR count). The van der Waals surface area contributed by atoms with Crippen molar-refractivity contribution in [2.24, 2.45) is 7.05 Å². The lowest BCUT2D eigenvalue weighted by molar-refractivity contribution is -0.0549. The molecule has 0 saturated carbocycles. The number of amides is 1. The summed E-state index contributed by atoms with van der Waals surface area (Å²) in [5, 5.41) is 31.4. The molecule has 14 heteroatoms. The van der Waals surface area contributed by atoms with Crippen LogP contribution in [0.3, 0.4) is 0 Å². The highest BCUT2D eigenvalue weighted by Gasteiger charge is 2.43. The maximum Gasteiger partial charge on any atom is 0.413 e. The average molecular weight is 504 g/mol. The Morgan fingerprint density at radius 2 is 1.97 bits per heavy atom. The summed E-state index contributed by atoms with van der Waals surface area (Å²) in [6.07, 6.45) is -3.87. The van der Waals surface area contributed by atoms with Gasteiger partial charge >= 0.3 is 11.8 Å². The zero-order valence-electron chi connectivity index (χ0n) is 19.5. The van der Waals surface area contributed by atoms with Crippen LogP contribution in [0.5, 0.6) is 0 Å². The second-order valence-corrected chi connectivity index (χ2v) is 8.19. The molecular weight excluding hydrogens is 480 g/mol. The number of hydrogen-bond donors (Lipinski definition) is 4. The van der Waals surface area contributed by atoms with Gasteiger partial charge in [0, 0.05) is 19.3 Å². The third kappa shape index (κ3) is 4.19. The number of hydrogen-bond acceptors (Lipinski definition) is 11. The topological polar surface area (TPSA) is 191 Å². The van der Waals surface area contributed by atoms with Crippen molar-refractivity contribution in [1.82, 2.24) is 14.1 Å². The van der Waals surface area contributed by atoms with Crippen LogP contribution in [0, 0.1) is 6.92 Å². The van der Waals surface area contributed by atoms with E-state index in [1.165, 1.54) is 23.9 Å². The number of aromatic nitrogens is 3. The first kappa shape index (κ1) is 25.2. The first-order chi connectivity index (χ1) is 17.1. The first-order valence-electron chi connectivity index (χ1n) is 10.8. The van der Waals surface area contributed by atoms with E-state index in [1.54, 1.807) is 14.0 Å². The molecule has 2 aliphatic rings. The fraction of sp³-hybridized carbons (Fsp3) is 0.409. The van der Waals surface area contributed by atoms with Gasteiger partial charge < -0.3 is 34.1 Å². The van der Waals surface area contributed by atoms with Gasteiger partial charge in [-0.15, -0.1) is 0 Å². The predicted octanol–water partition coefficient (Wildman–Crippen LogP) is -0.840. The minimum Gasteiger partial charge on any atom is -0.492 e. The molecule has 4 N–H and O–H groups in total. The highest BCUT2D eigenvalue weighted by Crippen LogP contribution is 2.30. The van der Waals surface area contributed by atoms with Crippen molar-refractivity contribution >= 4 is 23.5 Å². The van der Waals surface area contributed by atoms with Crippen molar-refractivity contribution in [1.29, 1.82) is 0 Å². The molecule has 3 heterocycles. The van der Waals surface area contributed by atoms with E-state index >= 15 is 0 Å². The summed E-state index contributed by atoms with van der Waals surface area (Å²) >= 11 is 0. The monoisotopic (exact) mass is 504 g/mol. The number of nitrogens with one attached hydrogen (secondary N) is 1. The number of carbonyl (C=O) groups is 3. The van der Waals surface area contributed by atoms with Gasteiger partial charge in [0.05, 0.1) is 25.0 Å². The van der Waals surface area contributed by atoms with Crippen molar-refractivity contribution in [3.63, 3.8) is 0 Å². The van der Waals surface area contributed by atoms with E-state index in [1.807, 2.05) is 0 Å². The van der Waals surface area contributed by atoms with Gasteiger partial charge in [0.15, 0.2) is 12.0 Å².